The molecule has 0 spiro atoms. The first kappa shape index (κ1) is 19.8. The predicted octanol–water partition coefficient (Wildman–Crippen LogP) is 4.32. The maximum absolute atomic E-state index is 12.9. The Morgan fingerprint density at radius 3 is 2.12 bits per heavy atom. The number of carbonyl (C=O) groups excluding carboxylic acids is 2. The van der Waals surface area contributed by atoms with Gasteiger partial charge < -0.3 is 10.6 Å². The van der Waals surface area contributed by atoms with Crippen molar-refractivity contribution in [2.75, 3.05) is 22.1 Å². The lowest BCUT2D eigenvalue weighted by molar-refractivity contribution is -0.137. The number of hydrogen-bond donors (Lipinski definition) is 2. The maximum Gasteiger partial charge on any atom is 0.418 e. The zero-order valence-corrected chi connectivity index (χ0v) is 14.7. The van der Waals surface area contributed by atoms with Crippen LogP contribution in [-0.2, 0) is 15.8 Å². The Morgan fingerprint density at radius 2 is 1.50 bits per heavy atom. The molecule has 2 amide bonds. The number of carbonyl (C=O) groups is 2. The van der Waals surface area contributed by atoms with Gasteiger partial charge in [-0.15, -0.1) is 11.8 Å². The highest BCUT2D eigenvalue weighted by Crippen LogP contribution is 2.34. The number of halogens is 3. The lowest BCUT2D eigenvalue weighted by atomic mass is 10.1. The van der Waals surface area contributed by atoms with Crippen molar-refractivity contribution < 1.29 is 22.8 Å². The van der Waals surface area contributed by atoms with Gasteiger partial charge in [-0.1, -0.05) is 29.8 Å². The largest absolute Gasteiger partial charge is 0.418 e. The molecule has 2 N–H and O–H groups in total. The molecule has 4 nitrogen and oxygen atoms in total. The SMILES string of the molecule is Cc1ccc(NC(=O)CSCC(=O)Nc2ccccc2C(F)(F)F)cc1. The van der Waals surface area contributed by atoms with E-state index in [0.29, 0.717) is 5.69 Å². The van der Waals surface area contributed by atoms with Gasteiger partial charge in [0.25, 0.3) is 0 Å². The zero-order chi connectivity index (χ0) is 19.2. The number of benzene rings is 2. The van der Waals surface area contributed by atoms with E-state index >= 15 is 0 Å². The molecule has 0 aliphatic heterocycles. The van der Waals surface area contributed by atoms with Gasteiger partial charge in [0.2, 0.25) is 11.8 Å². The van der Waals surface area contributed by atoms with E-state index < -0.39 is 17.6 Å². The van der Waals surface area contributed by atoms with Crippen molar-refractivity contribution in [1.82, 2.24) is 0 Å². The molecule has 0 heterocycles. The molecule has 0 aromatic heterocycles. The first-order chi connectivity index (χ1) is 12.3. The molecule has 2 aromatic rings. The van der Waals surface area contributed by atoms with Crippen LogP contribution in [0.15, 0.2) is 48.5 Å². The Balaban J connectivity index is 1.81. The highest BCUT2D eigenvalue weighted by molar-refractivity contribution is 8.00. The van der Waals surface area contributed by atoms with Crippen molar-refractivity contribution in [2.24, 2.45) is 0 Å². The average molecular weight is 382 g/mol. The molecular weight excluding hydrogens is 365 g/mol. The minimum Gasteiger partial charge on any atom is -0.325 e. The molecule has 0 saturated carbocycles. The average Bonchev–Trinajstić information content (AvgIpc) is 2.56. The molecule has 26 heavy (non-hydrogen) atoms. The van der Waals surface area contributed by atoms with Crippen molar-refractivity contribution in [3.05, 3.63) is 59.7 Å². The van der Waals surface area contributed by atoms with Gasteiger partial charge >= 0.3 is 6.18 Å². The number of thioether (sulfide) groups is 1. The van der Waals surface area contributed by atoms with Crippen LogP contribution in [0.4, 0.5) is 24.5 Å². The topological polar surface area (TPSA) is 58.2 Å². The summed E-state index contributed by atoms with van der Waals surface area (Å²) in [5.41, 5.74) is 0.503. The number of rotatable bonds is 6. The van der Waals surface area contributed by atoms with Gasteiger partial charge in [0, 0.05) is 5.69 Å². The van der Waals surface area contributed by atoms with Crippen molar-refractivity contribution in [3.63, 3.8) is 0 Å². The van der Waals surface area contributed by atoms with E-state index in [1.165, 1.54) is 18.2 Å². The van der Waals surface area contributed by atoms with Gasteiger partial charge in [-0.2, -0.15) is 13.2 Å². The summed E-state index contributed by atoms with van der Waals surface area (Å²) in [7, 11) is 0. The van der Waals surface area contributed by atoms with Crippen LogP contribution in [0.5, 0.6) is 0 Å². The summed E-state index contributed by atoms with van der Waals surface area (Å²) in [5.74, 6) is -1.01. The third-order valence-electron chi connectivity index (χ3n) is 3.31. The van der Waals surface area contributed by atoms with Crippen LogP contribution in [0.3, 0.4) is 0 Å². The van der Waals surface area contributed by atoms with Crippen molar-refractivity contribution in [2.45, 2.75) is 13.1 Å². The summed E-state index contributed by atoms with van der Waals surface area (Å²) in [6, 6.07) is 12.0. The molecule has 0 aliphatic carbocycles. The van der Waals surface area contributed by atoms with Gasteiger partial charge in [0.15, 0.2) is 0 Å². The van der Waals surface area contributed by atoms with Crippen LogP contribution in [0.25, 0.3) is 0 Å². The fraction of sp³-hybridized carbons (Fsp3) is 0.222. The zero-order valence-electron chi connectivity index (χ0n) is 13.9. The summed E-state index contributed by atoms with van der Waals surface area (Å²) in [5, 5.41) is 4.92. The first-order valence-electron chi connectivity index (χ1n) is 7.66. The third kappa shape index (κ3) is 6.11. The maximum atomic E-state index is 12.9. The Bertz CT molecular complexity index is 777. The van der Waals surface area contributed by atoms with Crippen LogP contribution in [0, 0.1) is 6.92 Å². The van der Waals surface area contributed by atoms with Crippen molar-refractivity contribution in [3.8, 4) is 0 Å². The summed E-state index contributed by atoms with van der Waals surface area (Å²) in [6.07, 6.45) is -4.55. The third-order valence-corrected chi connectivity index (χ3v) is 4.24. The summed E-state index contributed by atoms with van der Waals surface area (Å²) < 4.78 is 38.6. The normalized spacial score (nSPS) is 11.1. The molecule has 8 heteroatoms. The predicted molar refractivity (Wildman–Crippen MR) is 97.2 cm³/mol. The van der Waals surface area contributed by atoms with Crippen LogP contribution in [0.1, 0.15) is 11.1 Å². The Kier molecular flexibility index (Phi) is 6.68. The van der Waals surface area contributed by atoms with E-state index in [1.807, 2.05) is 19.1 Å². The minimum absolute atomic E-state index is 0.0161. The molecule has 0 saturated heterocycles. The van der Waals surface area contributed by atoms with Crippen LogP contribution < -0.4 is 10.6 Å². The molecular formula is C18H17F3N2O2S. The molecule has 0 fully saturated rings. The molecule has 0 atom stereocenters. The van der Waals surface area contributed by atoms with Gasteiger partial charge in [0.05, 0.1) is 22.8 Å². The fourth-order valence-corrected chi connectivity index (χ4v) is 2.71. The number of nitrogens with one attached hydrogen (secondary N) is 2. The standard InChI is InChI=1S/C18H17F3N2O2S/c1-12-6-8-13(9-7-12)22-16(24)10-26-11-17(25)23-15-5-3-2-4-14(15)18(19,20)21/h2-9H,10-11H2,1H3,(H,22,24)(H,23,25). The summed E-state index contributed by atoms with van der Waals surface area (Å²) >= 11 is 1.02. The van der Waals surface area contributed by atoms with E-state index in [4.69, 9.17) is 0 Å². The number of anilines is 2. The highest BCUT2D eigenvalue weighted by Gasteiger charge is 2.33. The quantitative estimate of drug-likeness (QED) is 0.782. The fourth-order valence-electron chi connectivity index (χ4n) is 2.10. The smallest absolute Gasteiger partial charge is 0.325 e. The lowest BCUT2D eigenvalue weighted by Crippen LogP contribution is -2.20. The molecule has 138 valence electrons. The van der Waals surface area contributed by atoms with Crippen LogP contribution in [-0.4, -0.2) is 23.3 Å². The van der Waals surface area contributed by atoms with Crippen LogP contribution >= 0.6 is 11.8 Å². The summed E-state index contributed by atoms with van der Waals surface area (Å²) in [6.45, 7) is 1.93. The van der Waals surface area contributed by atoms with Gasteiger partial charge in [-0.25, -0.2) is 0 Å². The molecule has 0 unspecified atom stereocenters. The Hall–Kier alpha value is -2.48. The van der Waals surface area contributed by atoms with Gasteiger partial charge in [0.1, 0.15) is 0 Å². The number of hydrogen-bond acceptors (Lipinski definition) is 3. The van der Waals surface area contributed by atoms with Crippen molar-refractivity contribution >= 4 is 35.0 Å². The second-order valence-electron chi connectivity index (χ2n) is 5.50. The van der Waals surface area contributed by atoms with E-state index in [-0.39, 0.29) is 23.1 Å². The minimum atomic E-state index is -4.55. The number of amides is 2. The number of para-hydroxylation sites is 1. The van der Waals surface area contributed by atoms with Crippen molar-refractivity contribution in [1.29, 1.82) is 0 Å². The van der Waals surface area contributed by atoms with E-state index in [2.05, 4.69) is 10.6 Å². The Labute approximate surface area is 153 Å². The lowest BCUT2D eigenvalue weighted by Gasteiger charge is -2.13. The second-order valence-corrected chi connectivity index (χ2v) is 6.48. The first-order valence-corrected chi connectivity index (χ1v) is 8.81. The van der Waals surface area contributed by atoms with E-state index in [9.17, 15) is 22.8 Å². The molecule has 0 aliphatic rings. The Morgan fingerprint density at radius 1 is 0.923 bits per heavy atom. The second kappa shape index (κ2) is 8.75. The molecule has 2 aromatic carbocycles. The molecule has 2 rings (SSSR count). The van der Waals surface area contributed by atoms with Gasteiger partial charge in [-0.05, 0) is 31.2 Å². The van der Waals surface area contributed by atoms with E-state index in [0.717, 1.165) is 23.4 Å². The number of alkyl halides is 3. The highest BCUT2D eigenvalue weighted by atomic mass is 32.2. The van der Waals surface area contributed by atoms with Gasteiger partial charge in [-0.3, -0.25) is 9.59 Å². The molecule has 0 radical (unpaired) electrons. The monoisotopic (exact) mass is 382 g/mol. The molecule has 0 bridgehead atoms. The van der Waals surface area contributed by atoms with Crippen LogP contribution in [0.2, 0.25) is 0 Å². The summed E-state index contributed by atoms with van der Waals surface area (Å²) in [4.78, 5) is 23.6. The van der Waals surface area contributed by atoms with E-state index in [1.54, 1.807) is 12.1 Å². The number of aryl methyl sites for hydroxylation is 1.